The van der Waals surface area contributed by atoms with E-state index in [1.807, 2.05) is 0 Å². The first-order chi connectivity index (χ1) is 10.3. The zero-order chi connectivity index (χ0) is 14.3. The van der Waals surface area contributed by atoms with Gasteiger partial charge >= 0.3 is 0 Å². The first-order valence-corrected chi connectivity index (χ1v) is 8.34. The lowest BCUT2D eigenvalue weighted by Gasteiger charge is -2.37. The highest BCUT2D eigenvalue weighted by molar-refractivity contribution is 7.15. The van der Waals surface area contributed by atoms with Gasteiger partial charge in [0.05, 0.1) is 5.69 Å². The molecule has 0 fully saturated rings. The van der Waals surface area contributed by atoms with Crippen LogP contribution in [-0.4, -0.2) is 15.9 Å². The number of nitrogens with two attached hydrogens (primary N) is 1. The van der Waals surface area contributed by atoms with Gasteiger partial charge in [-0.1, -0.05) is 24.3 Å². The lowest BCUT2D eigenvalue weighted by molar-refractivity contribution is 0.252. The smallest absolute Gasteiger partial charge is 0.193 e. The van der Waals surface area contributed by atoms with Crippen LogP contribution in [-0.2, 0) is 19.3 Å². The van der Waals surface area contributed by atoms with Crippen molar-refractivity contribution >= 4 is 16.3 Å². The molecule has 1 unspecified atom stereocenters. The third-order valence-corrected chi connectivity index (χ3v) is 5.51. The third-order valence-electron chi connectivity index (χ3n) is 4.74. The van der Waals surface area contributed by atoms with Crippen LogP contribution in [0.1, 0.15) is 23.2 Å². The standard InChI is InChI=1S/C17H19N3S/c18-12-17(6-5-13-3-1-2-4-14(13)9-17)10-15-11-20-7-8-21-16(20)19-15/h1-4,7-8,11H,5-6,9-10,12,18H2. The van der Waals surface area contributed by atoms with Crippen LogP contribution >= 0.6 is 11.3 Å². The Hall–Kier alpha value is -1.65. The van der Waals surface area contributed by atoms with Crippen molar-refractivity contribution in [2.45, 2.75) is 25.7 Å². The Labute approximate surface area is 128 Å². The third kappa shape index (κ3) is 2.28. The average molecular weight is 297 g/mol. The molecule has 0 saturated heterocycles. The van der Waals surface area contributed by atoms with Gasteiger partial charge in [0.1, 0.15) is 0 Å². The van der Waals surface area contributed by atoms with Crippen molar-refractivity contribution in [3.63, 3.8) is 0 Å². The van der Waals surface area contributed by atoms with Gasteiger partial charge in [0.15, 0.2) is 4.96 Å². The molecule has 2 aromatic heterocycles. The Morgan fingerprint density at radius 1 is 1.29 bits per heavy atom. The number of thiazole rings is 1. The van der Waals surface area contributed by atoms with Crippen molar-refractivity contribution in [2.24, 2.45) is 11.1 Å². The molecule has 0 saturated carbocycles. The van der Waals surface area contributed by atoms with Crippen molar-refractivity contribution in [1.82, 2.24) is 9.38 Å². The van der Waals surface area contributed by atoms with Crippen LogP contribution in [0, 0.1) is 5.41 Å². The molecule has 0 amide bonds. The molecule has 1 aliphatic rings. The number of hydrogen-bond donors (Lipinski definition) is 1. The number of aromatic nitrogens is 2. The maximum atomic E-state index is 6.18. The number of aryl methyl sites for hydroxylation is 1. The summed E-state index contributed by atoms with van der Waals surface area (Å²) in [6, 6.07) is 8.78. The second-order valence-corrected chi connectivity index (χ2v) is 7.02. The van der Waals surface area contributed by atoms with E-state index in [1.54, 1.807) is 11.3 Å². The summed E-state index contributed by atoms with van der Waals surface area (Å²) < 4.78 is 2.11. The van der Waals surface area contributed by atoms with Gasteiger partial charge in [-0.15, -0.1) is 11.3 Å². The van der Waals surface area contributed by atoms with Gasteiger partial charge < -0.3 is 5.73 Å². The number of nitrogens with zero attached hydrogens (tertiary/aromatic N) is 2. The minimum Gasteiger partial charge on any atom is -0.330 e. The lowest BCUT2D eigenvalue weighted by Crippen LogP contribution is -2.38. The second-order valence-electron chi connectivity index (χ2n) is 6.15. The molecule has 21 heavy (non-hydrogen) atoms. The zero-order valence-corrected chi connectivity index (χ0v) is 12.8. The van der Waals surface area contributed by atoms with Gasteiger partial charge in [-0.2, -0.15) is 0 Å². The predicted molar refractivity (Wildman–Crippen MR) is 86.7 cm³/mol. The topological polar surface area (TPSA) is 43.3 Å². The van der Waals surface area contributed by atoms with E-state index in [2.05, 4.69) is 46.4 Å². The molecule has 4 heteroatoms. The monoisotopic (exact) mass is 297 g/mol. The highest BCUT2D eigenvalue weighted by Gasteiger charge is 2.34. The van der Waals surface area contributed by atoms with Crippen LogP contribution in [0.2, 0.25) is 0 Å². The summed E-state index contributed by atoms with van der Waals surface area (Å²) in [5.74, 6) is 0. The first-order valence-electron chi connectivity index (χ1n) is 7.46. The van der Waals surface area contributed by atoms with Crippen LogP contribution in [0.4, 0.5) is 0 Å². The maximum Gasteiger partial charge on any atom is 0.193 e. The van der Waals surface area contributed by atoms with Gasteiger partial charge in [0.25, 0.3) is 0 Å². The molecule has 1 aromatic carbocycles. The zero-order valence-electron chi connectivity index (χ0n) is 12.0. The van der Waals surface area contributed by atoms with E-state index in [0.717, 1.165) is 37.2 Å². The molecule has 3 nitrogen and oxygen atoms in total. The fourth-order valence-corrected chi connectivity index (χ4v) is 4.23. The molecular weight excluding hydrogens is 278 g/mol. The summed E-state index contributed by atoms with van der Waals surface area (Å²) in [5, 5.41) is 2.07. The average Bonchev–Trinajstić information content (AvgIpc) is 3.08. The maximum absolute atomic E-state index is 6.18. The molecule has 4 rings (SSSR count). The molecule has 0 radical (unpaired) electrons. The summed E-state index contributed by atoms with van der Waals surface area (Å²) in [4.78, 5) is 5.82. The summed E-state index contributed by atoms with van der Waals surface area (Å²) in [7, 11) is 0. The Bertz CT molecular complexity index is 745. The van der Waals surface area contributed by atoms with Crippen LogP contribution in [0.15, 0.2) is 42.0 Å². The van der Waals surface area contributed by atoms with E-state index in [0.29, 0.717) is 0 Å². The van der Waals surface area contributed by atoms with E-state index in [9.17, 15) is 0 Å². The molecule has 2 heterocycles. The van der Waals surface area contributed by atoms with E-state index >= 15 is 0 Å². The van der Waals surface area contributed by atoms with Crippen LogP contribution in [0.25, 0.3) is 4.96 Å². The van der Waals surface area contributed by atoms with Crippen molar-refractivity contribution in [3.8, 4) is 0 Å². The number of imidazole rings is 1. The fourth-order valence-electron chi connectivity index (χ4n) is 3.51. The number of rotatable bonds is 3. The second kappa shape index (κ2) is 4.97. The number of fused-ring (bicyclic) bond motifs is 2. The largest absolute Gasteiger partial charge is 0.330 e. The molecule has 2 N–H and O–H groups in total. The molecule has 1 atom stereocenters. The summed E-state index contributed by atoms with van der Waals surface area (Å²) in [5.41, 5.74) is 10.5. The van der Waals surface area contributed by atoms with Crippen molar-refractivity contribution in [3.05, 3.63) is 58.9 Å². The highest BCUT2D eigenvalue weighted by atomic mass is 32.1. The normalized spacial score (nSPS) is 21.6. The molecule has 0 bridgehead atoms. The van der Waals surface area contributed by atoms with Crippen LogP contribution in [0.3, 0.4) is 0 Å². The molecule has 1 aliphatic carbocycles. The number of hydrogen-bond acceptors (Lipinski definition) is 3. The van der Waals surface area contributed by atoms with E-state index in [4.69, 9.17) is 10.7 Å². The van der Waals surface area contributed by atoms with Crippen LogP contribution in [0.5, 0.6) is 0 Å². The van der Waals surface area contributed by atoms with Crippen molar-refractivity contribution < 1.29 is 0 Å². The summed E-state index contributed by atoms with van der Waals surface area (Å²) in [6.45, 7) is 0.729. The SMILES string of the molecule is NCC1(Cc2cn3ccsc3n2)CCc2ccccc2C1. The predicted octanol–water partition coefficient (Wildman–Crippen LogP) is 3.07. The molecule has 108 valence electrons. The van der Waals surface area contributed by atoms with E-state index in [-0.39, 0.29) is 5.41 Å². The molecule has 3 aromatic rings. The van der Waals surface area contributed by atoms with Gasteiger partial charge in [-0.05, 0) is 48.8 Å². The highest BCUT2D eigenvalue weighted by Crippen LogP contribution is 2.37. The molecule has 0 aliphatic heterocycles. The van der Waals surface area contributed by atoms with Crippen molar-refractivity contribution in [2.75, 3.05) is 6.54 Å². The van der Waals surface area contributed by atoms with Crippen LogP contribution < -0.4 is 5.73 Å². The molecular formula is C17H19N3S. The van der Waals surface area contributed by atoms with E-state index in [1.165, 1.54) is 16.8 Å². The van der Waals surface area contributed by atoms with E-state index < -0.39 is 0 Å². The Balaban J connectivity index is 1.64. The minimum absolute atomic E-state index is 0.165. The first kappa shape index (κ1) is 13.0. The summed E-state index contributed by atoms with van der Waals surface area (Å²) in [6.07, 6.45) is 8.57. The summed E-state index contributed by atoms with van der Waals surface area (Å²) >= 11 is 1.69. The van der Waals surface area contributed by atoms with Gasteiger partial charge in [0, 0.05) is 17.8 Å². The number of benzene rings is 1. The molecule has 0 spiro atoms. The Morgan fingerprint density at radius 2 is 2.14 bits per heavy atom. The Kier molecular flexibility index (Phi) is 3.08. The minimum atomic E-state index is 0.165. The lowest BCUT2D eigenvalue weighted by atomic mass is 9.69. The Morgan fingerprint density at radius 3 is 2.95 bits per heavy atom. The van der Waals surface area contributed by atoms with Gasteiger partial charge in [0.2, 0.25) is 0 Å². The quantitative estimate of drug-likeness (QED) is 0.807. The fraction of sp³-hybridized carbons (Fsp3) is 0.353. The van der Waals surface area contributed by atoms with Crippen molar-refractivity contribution in [1.29, 1.82) is 0 Å². The van der Waals surface area contributed by atoms with Gasteiger partial charge in [-0.3, -0.25) is 4.40 Å². The van der Waals surface area contributed by atoms with Gasteiger partial charge in [-0.25, -0.2) is 4.98 Å².